The highest BCUT2D eigenvalue weighted by molar-refractivity contribution is 5.57. The molecule has 21 heavy (non-hydrogen) atoms. The van der Waals surface area contributed by atoms with Crippen LogP contribution in [-0.4, -0.2) is 19.1 Å². The quantitative estimate of drug-likeness (QED) is 0.936. The summed E-state index contributed by atoms with van der Waals surface area (Å²) < 4.78 is 0. The molecule has 3 nitrogen and oxygen atoms in total. The summed E-state index contributed by atoms with van der Waals surface area (Å²) in [4.78, 5) is 17.2. The van der Waals surface area contributed by atoms with Crippen LogP contribution in [0.3, 0.4) is 0 Å². The fourth-order valence-corrected chi connectivity index (χ4v) is 2.86. The Morgan fingerprint density at radius 3 is 2.19 bits per heavy atom. The van der Waals surface area contributed by atoms with E-state index in [1.54, 1.807) is 0 Å². The molecular weight excluding hydrogens is 260 g/mol. The Balaban J connectivity index is 2.59. The van der Waals surface area contributed by atoms with E-state index < -0.39 is 0 Å². The van der Waals surface area contributed by atoms with Gasteiger partial charge in [0.05, 0.1) is 0 Å². The van der Waals surface area contributed by atoms with Crippen LogP contribution in [0.2, 0.25) is 0 Å². The van der Waals surface area contributed by atoms with Gasteiger partial charge in [0.25, 0.3) is 5.56 Å². The minimum Gasteiger partial charge on any atom is -0.373 e. The molecule has 1 aromatic carbocycles. The minimum atomic E-state index is -0.00295. The lowest BCUT2D eigenvalue weighted by Crippen LogP contribution is -2.25. The first kappa shape index (κ1) is 15.4. The van der Waals surface area contributed by atoms with Crippen molar-refractivity contribution in [2.45, 2.75) is 33.6 Å². The van der Waals surface area contributed by atoms with Gasteiger partial charge in [-0.25, -0.2) is 0 Å². The summed E-state index contributed by atoms with van der Waals surface area (Å²) in [5, 5.41) is 0. The minimum absolute atomic E-state index is 0.00295. The van der Waals surface area contributed by atoms with Gasteiger partial charge in [0.15, 0.2) is 0 Å². The Hall–Kier alpha value is -2.03. The van der Waals surface area contributed by atoms with Crippen LogP contribution in [0.4, 0.5) is 5.69 Å². The van der Waals surface area contributed by atoms with Gasteiger partial charge in [-0.1, -0.05) is 36.8 Å². The number of pyridine rings is 1. The topological polar surface area (TPSA) is 36.1 Å². The maximum absolute atomic E-state index is 12.3. The normalized spacial score (nSPS) is 10.7. The number of aromatic amines is 1. The van der Waals surface area contributed by atoms with Crippen molar-refractivity contribution in [2.24, 2.45) is 0 Å². The summed E-state index contributed by atoms with van der Waals surface area (Å²) in [6.45, 7) is 6.21. The molecule has 0 saturated carbocycles. The van der Waals surface area contributed by atoms with Gasteiger partial charge in [0, 0.05) is 26.2 Å². The second-order valence-corrected chi connectivity index (χ2v) is 5.80. The lowest BCUT2D eigenvalue weighted by molar-refractivity contribution is 0.946. The van der Waals surface area contributed by atoms with Crippen LogP contribution in [-0.2, 0) is 12.8 Å². The van der Waals surface area contributed by atoms with E-state index in [2.05, 4.69) is 43.1 Å². The van der Waals surface area contributed by atoms with Crippen LogP contribution in [0.15, 0.2) is 29.1 Å². The SMILES string of the molecule is CCc1c(C)[nH]c(=O)c(N(C)C)c1Cc1ccc(C)cc1. The number of aryl methyl sites for hydroxylation is 2. The molecule has 0 amide bonds. The molecule has 0 unspecified atom stereocenters. The van der Waals surface area contributed by atoms with Gasteiger partial charge >= 0.3 is 0 Å². The molecule has 0 aliphatic rings. The first-order valence-corrected chi connectivity index (χ1v) is 7.41. The molecule has 0 saturated heterocycles. The van der Waals surface area contributed by atoms with Crippen molar-refractivity contribution >= 4 is 5.69 Å². The van der Waals surface area contributed by atoms with Crippen molar-refractivity contribution in [3.05, 3.63) is 62.6 Å². The summed E-state index contributed by atoms with van der Waals surface area (Å²) >= 11 is 0. The number of H-pyrrole nitrogens is 1. The Kier molecular flexibility index (Phi) is 4.51. The molecule has 0 bridgehead atoms. The molecule has 0 aliphatic heterocycles. The zero-order valence-electron chi connectivity index (χ0n) is 13.6. The average Bonchev–Trinajstić information content (AvgIpc) is 2.40. The number of nitrogens with one attached hydrogen (secondary N) is 1. The predicted molar refractivity (Wildman–Crippen MR) is 89.5 cm³/mol. The second-order valence-electron chi connectivity index (χ2n) is 5.80. The van der Waals surface area contributed by atoms with E-state index in [-0.39, 0.29) is 5.56 Å². The molecule has 0 spiro atoms. The standard InChI is InChI=1S/C18H24N2O/c1-6-15-13(3)19-18(21)17(20(4)5)16(15)11-14-9-7-12(2)8-10-14/h7-10H,6,11H2,1-5H3,(H,19,21). The molecule has 112 valence electrons. The van der Waals surface area contributed by atoms with Crippen LogP contribution in [0, 0.1) is 13.8 Å². The van der Waals surface area contributed by atoms with E-state index in [0.29, 0.717) is 0 Å². The van der Waals surface area contributed by atoms with Crippen molar-refractivity contribution in [3.63, 3.8) is 0 Å². The van der Waals surface area contributed by atoms with Gasteiger partial charge in [-0.15, -0.1) is 0 Å². The molecule has 1 N–H and O–H groups in total. The molecule has 3 heteroatoms. The van der Waals surface area contributed by atoms with Gasteiger partial charge in [-0.3, -0.25) is 4.79 Å². The predicted octanol–water partition coefficient (Wildman–Crippen LogP) is 3.21. The number of aromatic nitrogens is 1. The van der Waals surface area contributed by atoms with Crippen molar-refractivity contribution < 1.29 is 0 Å². The average molecular weight is 284 g/mol. The maximum Gasteiger partial charge on any atom is 0.271 e. The molecule has 0 atom stereocenters. The van der Waals surface area contributed by atoms with E-state index in [0.717, 1.165) is 29.8 Å². The molecule has 0 fully saturated rings. The largest absolute Gasteiger partial charge is 0.373 e. The fourth-order valence-electron chi connectivity index (χ4n) is 2.86. The first-order chi connectivity index (χ1) is 9.93. The van der Waals surface area contributed by atoms with Crippen LogP contribution >= 0.6 is 0 Å². The number of rotatable bonds is 4. The van der Waals surface area contributed by atoms with E-state index in [1.807, 2.05) is 25.9 Å². The summed E-state index contributed by atoms with van der Waals surface area (Å²) in [7, 11) is 3.86. The molecule has 0 aliphatic carbocycles. The van der Waals surface area contributed by atoms with Crippen molar-refractivity contribution in [1.29, 1.82) is 0 Å². The lowest BCUT2D eigenvalue weighted by Gasteiger charge is -2.21. The van der Waals surface area contributed by atoms with E-state index in [4.69, 9.17) is 0 Å². The molecule has 0 radical (unpaired) electrons. The first-order valence-electron chi connectivity index (χ1n) is 7.41. The van der Waals surface area contributed by atoms with Crippen LogP contribution in [0.25, 0.3) is 0 Å². The zero-order valence-corrected chi connectivity index (χ0v) is 13.6. The smallest absolute Gasteiger partial charge is 0.271 e. The molecule has 2 rings (SSSR count). The van der Waals surface area contributed by atoms with Crippen molar-refractivity contribution in [2.75, 3.05) is 19.0 Å². The Morgan fingerprint density at radius 1 is 1.05 bits per heavy atom. The fraction of sp³-hybridized carbons (Fsp3) is 0.389. The Bertz CT molecular complexity index is 682. The summed E-state index contributed by atoms with van der Waals surface area (Å²) in [5.41, 5.74) is 6.64. The molecule has 1 heterocycles. The highest BCUT2D eigenvalue weighted by Crippen LogP contribution is 2.24. The summed E-state index contributed by atoms with van der Waals surface area (Å²) in [6.07, 6.45) is 1.71. The van der Waals surface area contributed by atoms with Crippen molar-refractivity contribution in [1.82, 2.24) is 4.98 Å². The van der Waals surface area contributed by atoms with Crippen LogP contribution < -0.4 is 10.5 Å². The monoisotopic (exact) mass is 284 g/mol. The van der Waals surface area contributed by atoms with Gasteiger partial charge in [0.1, 0.15) is 5.69 Å². The van der Waals surface area contributed by atoms with E-state index in [1.165, 1.54) is 16.7 Å². The van der Waals surface area contributed by atoms with Gasteiger partial charge < -0.3 is 9.88 Å². The molecular formula is C18H24N2O. The van der Waals surface area contributed by atoms with Crippen molar-refractivity contribution in [3.8, 4) is 0 Å². The van der Waals surface area contributed by atoms with E-state index >= 15 is 0 Å². The number of nitrogens with zero attached hydrogens (tertiary/aromatic N) is 1. The lowest BCUT2D eigenvalue weighted by atomic mass is 9.95. The van der Waals surface area contributed by atoms with Gasteiger partial charge in [-0.05, 0) is 37.0 Å². The number of hydrogen-bond donors (Lipinski definition) is 1. The number of benzene rings is 1. The molecule has 1 aromatic heterocycles. The number of anilines is 1. The third-order valence-electron chi connectivity index (χ3n) is 3.92. The Morgan fingerprint density at radius 2 is 1.67 bits per heavy atom. The van der Waals surface area contributed by atoms with Crippen LogP contribution in [0.5, 0.6) is 0 Å². The Labute approximate surface area is 126 Å². The zero-order chi connectivity index (χ0) is 15.6. The second kappa shape index (κ2) is 6.17. The highest BCUT2D eigenvalue weighted by Gasteiger charge is 2.16. The summed E-state index contributed by atoms with van der Waals surface area (Å²) in [5.74, 6) is 0. The van der Waals surface area contributed by atoms with Crippen LogP contribution in [0.1, 0.15) is 34.9 Å². The highest BCUT2D eigenvalue weighted by atomic mass is 16.1. The maximum atomic E-state index is 12.3. The summed E-state index contributed by atoms with van der Waals surface area (Å²) in [6, 6.07) is 8.53. The third kappa shape index (κ3) is 3.18. The van der Waals surface area contributed by atoms with E-state index in [9.17, 15) is 4.79 Å². The molecule has 2 aromatic rings. The van der Waals surface area contributed by atoms with Gasteiger partial charge in [-0.2, -0.15) is 0 Å². The van der Waals surface area contributed by atoms with Gasteiger partial charge in [0.2, 0.25) is 0 Å². The third-order valence-corrected chi connectivity index (χ3v) is 3.92. The number of hydrogen-bond acceptors (Lipinski definition) is 2.